The summed E-state index contributed by atoms with van der Waals surface area (Å²) < 4.78 is 9.82. The van der Waals surface area contributed by atoms with Crippen molar-refractivity contribution >= 4 is 23.9 Å². The van der Waals surface area contributed by atoms with Gasteiger partial charge in [-0.3, -0.25) is 14.4 Å². The van der Waals surface area contributed by atoms with Gasteiger partial charge in [-0.05, 0) is 44.4 Å². The standard InChI is InChI=1S/C25H32N4O6/c1-8-17-9-11-18(12-10-17)21(22(31)27-15-19(30)34-7)29(14-13-26)23(32)20(16(2)3)28-24(33)35-25(4,5)6/h1,9-12,16,20-21H,14-15H2,2-7H3,(H,27,31)(H,28,33). The van der Waals surface area contributed by atoms with Crippen LogP contribution in [0.25, 0.3) is 0 Å². The summed E-state index contributed by atoms with van der Waals surface area (Å²) in [4.78, 5) is 51.8. The van der Waals surface area contributed by atoms with Gasteiger partial charge in [0.2, 0.25) is 11.8 Å². The molecule has 10 nitrogen and oxygen atoms in total. The summed E-state index contributed by atoms with van der Waals surface area (Å²) in [7, 11) is 1.17. The van der Waals surface area contributed by atoms with Crippen LogP contribution >= 0.6 is 0 Å². The lowest BCUT2D eigenvalue weighted by atomic mass is 9.98. The highest BCUT2D eigenvalue weighted by atomic mass is 16.6. The van der Waals surface area contributed by atoms with Gasteiger partial charge < -0.3 is 25.0 Å². The zero-order chi connectivity index (χ0) is 26.8. The molecule has 0 aliphatic carbocycles. The lowest BCUT2D eigenvalue weighted by Crippen LogP contribution is -2.55. The molecule has 1 rings (SSSR count). The second-order valence-electron chi connectivity index (χ2n) is 8.95. The molecule has 0 bridgehead atoms. The number of rotatable bonds is 9. The fourth-order valence-electron chi connectivity index (χ4n) is 3.06. The summed E-state index contributed by atoms with van der Waals surface area (Å²) in [6, 6.07) is 5.79. The Morgan fingerprint density at radius 2 is 1.74 bits per heavy atom. The van der Waals surface area contributed by atoms with E-state index in [9.17, 15) is 24.4 Å². The van der Waals surface area contributed by atoms with Crippen molar-refractivity contribution in [2.75, 3.05) is 20.2 Å². The summed E-state index contributed by atoms with van der Waals surface area (Å²) in [5.74, 6) is -0.0196. The molecule has 2 atom stereocenters. The molecule has 0 aromatic heterocycles. The van der Waals surface area contributed by atoms with Crippen LogP contribution in [0.5, 0.6) is 0 Å². The Labute approximate surface area is 205 Å². The van der Waals surface area contributed by atoms with Gasteiger partial charge in [0.15, 0.2) is 0 Å². The van der Waals surface area contributed by atoms with Gasteiger partial charge in [0, 0.05) is 5.56 Å². The van der Waals surface area contributed by atoms with E-state index < -0.39 is 60.6 Å². The topological polar surface area (TPSA) is 138 Å². The number of carbonyl (C=O) groups is 4. The SMILES string of the molecule is C#Cc1ccc(C(C(=O)NCC(=O)OC)N(CC#N)C(=O)C(NC(=O)OC(C)(C)C)C(C)C)cc1. The van der Waals surface area contributed by atoms with Crippen LogP contribution in [-0.2, 0) is 23.9 Å². The van der Waals surface area contributed by atoms with Crippen molar-refractivity contribution in [1.82, 2.24) is 15.5 Å². The number of alkyl carbamates (subject to hydrolysis) is 1. The molecule has 3 amide bonds. The molecule has 0 aliphatic rings. The van der Waals surface area contributed by atoms with E-state index in [1.807, 2.05) is 6.07 Å². The molecule has 2 unspecified atom stereocenters. The Balaban J connectivity index is 3.42. The minimum atomic E-state index is -1.29. The smallest absolute Gasteiger partial charge is 0.408 e. The Kier molecular flexibility index (Phi) is 10.8. The summed E-state index contributed by atoms with van der Waals surface area (Å²) in [6.07, 6.45) is 4.60. The molecule has 1 aromatic carbocycles. The number of nitrogens with one attached hydrogen (secondary N) is 2. The molecule has 0 saturated carbocycles. The van der Waals surface area contributed by atoms with Gasteiger partial charge in [-0.2, -0.15) is 5.26 Å². The Morgan fingerprint density at radius 3 is 2.20 bits per heavy atom. The van der Waals surface area contributed by atoms with Crippen LogP contribution in [0.4, 0.5) is 4.79 Å². The van der Waals surface area contributed by atoms with Gasteiger partial charge in [0.05, 0.1) is 13.2 Å². The predicted octanol–water partition coefficient (Wildman–Crippen LogP) is 1.90. The number of hydrogen-bond donors (Lipinski definition) is 2. The van der Waals surface area contributed by atoms with E-state index >= 15 is 0 Å². The van der Waals surface area contributed by atoms with E-state index in [0.717, 1.165) is 4.90 Å². The minimum absolute atomic E-state index is 0.356. The van der Waals surface area contributed by atoms with Gasteiger partial charge >= 0.3 is 12.1 Å². The van der Waals surface area contributed by atoms with Crippen LogP contribution in [0, 0.1) is 29.6 Å². The van der Waals surface area contributed by atoms with Crippen LogP contribution < -0.4 is 10.6 Å². The molecule has 35 heavy (non-hydrogen) atoms. The number of esters is 1. The zero-order valence-electron chi connectivity index (χ0n) is 20.9. The minimum Gasteiger partial charge on any atom is -0.468 e. The van der Waals surface area contributed by atoms with Gasteiger partial charge in [-0.25, -0.2) is 4.79 Å². The third kappa shape index (κ3) is 9.01. The molecule has 0 aliphatic heterocycles. The number of benzene rings is 1. The van der Waals surface area contributed by atoms with Gasteiger partial charge in [-0.1, -0.05) is 31.9 Å². The first-order valence-corrected chi connectivity index (χ1v) is 10.9. The average molecular weight is 485 g/mol. The monoisotopic (exact) mass is 484 g/mol. The van der Waals surface area contributed by atoms with Crippen molar-refractivity contribution in [3.05, 3.63) is 35.4 Å². The van der Waals surface area contributed by atoms with E-state index in [1.165, 1.54) is 7.11 Å². The highest BCUT2D eigenvalue weighted by Crippen LogP contribution is 2.24. The van der Waals surface area contributed by atoms with Crippen LogP contribution in [-0.4, -0.2) is 60.6 Å². The first-order valence-electron chi connectivity index (χ1n) is 10.9. The van der Waals surface area contributed by atoms with Gasteiger partial charge in [0.25, 0.3) is 0 Å². The van der Waals surface area contributed by atoms with E-state index in [1.54, 1.807) is 58.9 Å². The maximum atomic E-state index is 13.6. The van der Waals surface area contributed by atoms with Crippen LogP contribution in [0.3, 0.4) is 0 Å². The number of methoxy groups -OCH3 is 1. The van der Waals surface area contributed by atoms with Crippen molar-refractivity contribution in [2.24, 2.45) is 5.92 Å². The highest BCUT2D eigenvalue weighted by molar-refractivity contribution is 5.93. The number of nitrogens with zero attached hydrogens (tertiary/aromatic N) is 2. The molecule has 0 spiro atoms. The molecule has 0 radical (unpaired) electrons. The molecule has 1 aromatic rings. The largest absolute Gasteiger partial charge is 0.468 e. The Bertz CT molecular complexity index is 999. The molecule has 2 N–H and O–H groups in total. The number of terminal acetylenes is 1. The van der Waals surface area contributed by atoms with Crippen LogP contribution in [0.2, 0.25) is 0 Å². The quantitative estimate of drug-likeness (QED) is 0.310. The Morgan fingerprint density at radius 1 is 1.14 bits per heavy atom. The van der Waals surface area contributed by atoms with E-state index in [0.29, 0.717) is 11.1 Å². The number of ether oxygens (including phenoxy) is 2. The van der Waals surface area contributed by atoms with Crippen LogP contribution in [0.1, 0.15) is 51.8 Å². The third-order valence-electron chi connectivity index (χ3n) is 4.72. The van der Waals surface area contributed by atoms with Crippen molar-refractivity contribution in [3.8, 4) is 18.4 Å². The van der Waals surface area contributed by atoms with Crippen molar-refractivity contribution in [1.29, 1.82) is 5.26 Å². The first kappa shape index (κ1) is 29.0. The number of hydrogen-bond acceptors (Lipinski definition) is 7. The molecular formula is C25H32N4O6. The average Bonchev–Trinajstić information content (AvgIpc) is 2.79. The summed E-state index contributed by atoms with van der Waals surface area (Å²) in [5.41, 5.74) is 0.109. The molecule has 0 saturated heterocycles. The van der Waals surface area contributed by atoms with E-state index in [-0.39, 0.29) is 0 Å². The fourth-order valence-corrected chi connectivity index (χ4v) is 3.06. The predicted molar refractivity (Wildman–Crippen MR) is 127 cm³/mol. The molecular weight excluding hydrogens is 452 g/mol. The van der Waals surface area contributed by atoms with Crippen molar-refractivity contribution in [3.63, 3.8) is 0 Å². The number of nitriles is 1. The maximum absolute atomic E-state index is 13.6. The van der Waals surface area contributed by atoms with E-state index in [2.05, 4.69) is 21.3 Å². The van der Waals surface area contributed by atoms with Crippen LogP contribution in [0.15, 0.2) is 24.3 Å². The van der Waals surface area contributed by atoms with Crippen molar-refractivity contribution in [2.45, 2.75) is 52.3 Å². The van der Waals surface area contributed by atoms with Crippen molar-refractivity contribution < 1.29 is 28.7 Å². The zero-order valence-corrected chi connectivity index (χ0v) is 20.9. The molecule has 188 valence electrons. The Hall–Kier alpha value is -4.05. The second kappa shape index (κ2) is 13.0. The van der Waals surface area contributed by atoms with E-state index in [4.69, 9.17) is 11.2 Å². The fraction of sp³-hybridized carbons (Fsp3) is 0.480. The maximum Gasteiger partial charge on any atom is 0.408 e. The first-order chi connectivity index (χ1) is 16.3. The highest BCUT2D eigenvalue weighted by Gasteiger charge is 2.37. The lowest BCUT2D eigenvalue weighted by Gasteiger charge is -2.34. The molecule has 10 heteroatoms. The van der Waals surface area contributed by atoms with Gasteiger partial charge in [-0.15, -0.1) is 6.42 Å². The molecule has 0 heterocycles. The molecule has 0 fully saturated rings. The second-order valence-corrected chi connectivity index (χ2v) is 8.95. The van der Waals surface area contributed by atoms with Gasteiger partial charge in [0.1, 0.15) is 30.8 Å². The number of amides is 3. The lowest BCUT2D eigenvalue weighted by molar-refractivity contribution is -0.144. The third-order valence-corrected chi connectivity index (χ3v) is 4.72. The normalized spacial score (nSPS) is 12.4. The summed E-state index contributed by atoms with van der Waals surface area (Å²) in [6.45, 7) is 7.56. The summed E-state index contributed by atoms with van der Waals surface area (Å²) >= 11 is 0. The number of carbonyl (C=O) groups excluding carboxylic acids is 4. The summed E-state index contributed by atoms with van der Waals surface area (Å²) in [5, 5.41) is 14.4.